The van der Waals surface area contributed by atoms with Crippen LogP contribution in [0.1, 0.15) is 31.7 Å². The molecule has 3 rings (SSSR count). The Balaban J connectivity index is 1.58. The number of piperidine rings is 1. The van der Waals surface area contributed by atoms with E-state index in [1.54, 1.807) is 12.4 Å². The average molecular weight is 391 g/mol. The second-order valence-corrected chi connectivity index (χ2v) is 7.96. The molecule has 0 bridgehead atoms. The topological polar surface area (TPSA) is 58.1 Å². The van der Waals surface area contributed by atoms with E-state index < -0.39 is 0 Å². The maximum absolute atomic E-state index is 12.2. The second-order valence-electron chi connectivity index (χ2n) is 6.55. The number of thioether (sulfide) groups is 1. The first kappa shape index (κ1) is 19.0. The van der Waals surface area contributed by atoms with Gasteiger partial charge in [0.05, 0.1) is 5.75 Å². The average Bonchev–Trinajstić information content (AvgIpc) is 2.64. The maximum atomic E-state index is 12.2. The van der Waals surface area contributed by atoms with Crippen LogP contribution < -0.4 is 10.2 Å². The number of hydrogen-bond donors (Lipinski definition) is 1. The number of nitrogens with one attached hydrogen (secondary N) is 1. The SMILES string of the molecule is Cc1ccc(NC(=O)CSc2cc(N3CCCC[C@@H]3C)ncn2)cc1Cl. The highest BCUT2D eigenvalue weighted by atomic mass is 35.5. The number of halogens is 1. The highest BCUT2D eigenvalue weighted by molar-refractivity contribution is 7.99. The lowest BCUT2D eigenvalue weighted by Crippen LogP contribution is -2.38. The van der Waals surface area contributed by atoms with Gasteiger partial charge in [-0.15, -0.1) is 0 Å². The molecule has 2 heterocycles. The van der Waals surface area contributed by atoms with Crippen LogP contribution in [0.15, 0.2) is 35.6 Å². The van der Waals surface area contributed by atoms with Crippen LogP contribution in [0, 0.1) is 6.92 Å². The largest absolute Gasteiger partial charge is 0.354 e. The van der Waals surface area contributed by atoms with Gasteiger partial charge in [0, 0.05) is 29.4 Å². The highest BCUT2D eigenvalue weighted by Gasteiger charge is 2.20. The summed E-state index contributed by atoms with van der Waals surface area (Å²) < 4.78 is 0. The summed E-state index contributed by atoms with van der Waals surface area (Å²) in [6.07, 6.45) is 5.23. The summed E-state index contributed by atoms with van der Waals surface area (Å²) in [6, 6.07) is 7.97. The Morgan fingerprint density at radius 1 is 1.35 bits per heavy atom. The van der Waals surface area contributed by atoms with Crippen LogP contribution in [-0.2, 0) is 4.79 Å². The smallest absolute Gasteiger partial charge is 0.234 e. The molecule has 5 nitrogen and oxygen atoms in total. The molecule has 1 fully saturated rings. The van der Waals surface area contributed by atoms with Gasteiger partial charge in [-0.05, 0) is 50.8 Å². The summed E-state index contributed by atoms with van der Waals surface area (Å²) in [5, 5.41) is 4.32. The van der Waals surface area contributed by atoms with Crippen molar-refractivity contribution in [1.82, 2.24) is 9.97 Å². The van der Waals surface area contributed by atoms with Crippen molar-refractivity contribution in [2.45, 2.75) is 44.2 Å². The van der Waals surface area contributed by atoms with E-state index in [0.717, 1.165) is 23.0 Å². The predicted octanol–water partition coefficient (Wildman–Crippen LogP) is 4.55. The minimum absolute atomic E-state index is 0.0820. The number of benzene rings is 1. The van der Waals surface area contributed by atoms with Gasteiger partial charge >= 0.3 is 0 Å². The summed E-state index contributed by atoms with van der Waals surface area (Å²) in [5.41, 5.74) is 1.69. The van der Waals surface area contributed by atoms with Crippen LogP contribution in [0.25, 0.3) is 0 Å². The zero-order valence-electron chi connectivity index (χ0n) is 15.0. The fraction of sp³-hybridized carbons (Fsp3) is 0.421. The quantitative estimate of drug-likeness (QED) is 0.599. The zero-order chi connectivity index (χ0) is 18.5. The monoisotopic (exact) mass is 390 g/mol. The van der Waals surface area contributed by atoms with E-state index in [-0.39, 0.29) is 11.7 Å². The van der Waals surface area contributed by atoms with E-state index in [4.69, 9.17) is 11.6 Å². The molecule has 2 aromatic rings. The first-order valence-electron chi connectivity index (χ1n) is 8.80. The number of aromatic nitrogens is 2. The van der Waals surface area contributed by atoms with E-state index >= 15 is 0 Å². The molecule has 0 aliphatic carbocycles. The Morgan fingerprint density at radius 2 is 2.19 bits per heavy atom. The molecule has 138 valence electrons. The van der Waals surface area contributed by atoms with E-state index in [2.05, 4.69) is 27.1 Å². The lowest BCUT2D eigenvalue weighted by molar-refractivity contribution is -0.113. The molecule has 7 heteroatoms. The molecule has 1 aliphatic rings. The number of carbonyl (C=O) groups excluding carboxylic acids is 1. The van der Waals surface area contributed by atoms with E-state index in [9.17, 15) is 4.79 Å². The predicted molar refractivity (Wildman–Crippen MR) is 108 cm³/mol. The first-order chi connectivity index (χ1) is 12.5. The number of aryl methyl sites for hydroxylation is 1. The van der Waals surface area contributed by atoms with Crippen molar-refractivity contribution in [3.05, 3.63) is 41.2 Å². The highest BCUT2D eigenvalue weighted by Crippen LogP contribution is 2.26. The Bertz CT molecular complexity index is 786. The lowest BCUT2D eigenvalue weighted by Gasteiger charge is -2.34. The minimum atomic E-state index is -0.0820. The van der Waals surface area contributed by atoms with Crippen molar-refractivity contribution < 1.29 is 4.79 Å². The third-order valence-electron chi connectivity index (χ3n) is 4.53. The lowest BCUT2D eigenvalue weighted by atomic mass is 10.0. The summed E-state index contributed by atoms with van der Waals surface area (Å²) in [4.78, 5) is 23.2. The van der Waals surface area contributed by atoms with Gasteiger partial charge in [0.15, 0.2) is 0 Å². The maximum Gasteiger partial charge on any atom is 0.234 e. The van der Waals surface area contributed by atoms with Crippen molar-refractivity contribution in [2.75, 3.05) is 22.5 Å². The zero-order valence-corrected chi connectivity index (χ0v) is 16.6. The number of anilines is 2. The molecule has 0 unspecified atom stereocenters. The molecule has 1 saturated heterocycles. The van der Waals surface area contributed by atoms with Crippen molar-refractivity contribution in [3.63, 3.8) is 0 Å². The first-order valence-corrected chi connectivity index (χ1v) is 10.2. The van der Waals surface area contributed by atoms with Gasteiger partial charge in [0.25, 0.3) is 0 Å². The Kier molecular flexibility index (Phi) is 6.38. The molecule has 1 aliphatic heterocycles. The molecule has 26 heavy (non-hydrogen) atoms. The van der Waals surface area contributed by atoms with Gasteiger partial charge in [-0.3, -0.25) is 4.79 Å². The molecule has 0 spiro atoms. The fourth-order valence-electron chi connectivity index (χ4n) is 3.01. The summed E-state index contributed by atoms with van der Waals surface area (Å²) in [7, 11) is 0. The van der Waals surface area contributed by atoms with Crippen LogP contribution in [-0.4, -0.2) is 34.2 Å². The Morgan fingerprint density at radius 3 is 2.96 bits per heavy atom. The molecular formula is C19H23ClN4OS. The van der Waals surface area contributed by atoms with Crippen molar-refractivity contribution in [2.24, 2.45) is 0 Å². The minimum Gasteiger partial charge on any atom is -0.354 e. The summed E-state index contributed by atoms with van der Waals surface area (Å²) in [5.74, 6) is 1.15. The van der Waals surface area contributed by atoms with Crippen molar-refractivity contribution >= 4 is 40.8 Å². The molecule has 1 atom stereocenters. The van der Waals surface area contributed by atoms with Gasteiger partial charge in [-0.25, -0.2) is 9.97 Å². The number of nitrogens with zero attached hydrogens (tertiary/aromatic N) is 3. The third kappa shape index (κ3) is 4.89. The molecule has 1 amide bonds. The summed E-state index contributed by atoms with van der Waals surface area (Å²) >= 11 is 7.51. The second kappa shape index (κ2) is 8.73. The normalized spacial score (nSPS) is 17.2. The number of hydrogen-bond acceptors (Lipinski definition) is 5. The van der Waals surface area contributed by atoms with Gasteiger partial charge < -0.3 is 10.2 Å². The third-order valence-corrected chi connectivity index (χ3v) is 5.86. The Hall–Kier alpha value is -1.79. The number of rotatable bonds is 5. The standard InChI is InChI=1S/C19H23ClN4OS/c1-13-6-7-15(9-16(13)20)23-18(25)11-26-19-10-17(21-12-22-19)24-8-4-3-5-14(24)2/h6-7,9-10,12,14H,3-5,8,11H2,1-2H3,(H,23,25)/t14-/m0/s1. The van der Waals surface area contributed by atoms with Crippen LogP contribution >= 0.6 is 23.4 Å². The van der Waals surface area contributed by atoms with E-state index in [1.807, 2.05) is 25.1 Å². The molecule has 1 N–H and O–H groups in total. The van der Waals surface area contributed by atoms with Crippen molar-refractivity contribution in [1.29, 1.82) is 0 Å². The van der Waals surface area contributed by atoms with Crippen molar-refractivity contribution in [3.8, 4) is 0 Å². The number of carbonyl (C=O) groups is 1. The van der Waals surface area contributed by atoms with Gasteiger partial charge in [-0.1, -0.05) is 29.4 Å². The van der Waals surface area contributed by atoms with Gasteiger partial charge in [0.1, 0.15) is 17.2 Å². The number of amides is 1. The van der Waals surface area contributed by atoms with E-state index in [0.29, 0.717) is 16.8 Å². The fourth-order valence-corrected chi connectivity index (χ4v) is 3.85. The van der Waals surface area contributed by atoms with Gasteiger partial charge in [0.2, 0.25) is 5.91 Å². The molecular weight excluding hydrogens is 368 g/mol. The molecule has 0 saturated carbocycles. The molecule has 1 aromatic carbocycles. The molecule has 0 radical (unpaired) electrons. The van der Waals surface area contributed by atoms with Crippen LogP contribution in [0.2, 0.25) is 5.02 Å². The van der Waals surface area contributed by atoms with Crippen LogP contribution in [0.5, 0.6) is 0 Å². The van der Waals surface area contributed by atoms with Crippen LogP contribution in [0.3, 0.4) is 0 Å². The van der Waals surface area contributed by atoms with Crippen LogP contribution in [0.4, 0.5) is 11.5 Å². The summed E-state index contributed by atoms with van der Waals surface area (Å²) in [6.45, 7) is 5.19. The molecule has 1 aromatic heterocycles. The Labute approximate surface area is 163 Å². The van der Waals surface area contributed by atoms with Gasteiger partial charge in [-0.2, -0.15) is 0 Å². The van der Waals surface area contributed by atoms with E-state index in [1.165, 1.54) is 31.0 Å².